The number of hydrogen-bond acceptors (Lipinski definition) is 6. The van der Waals surface area contributed by atoms with Gasteiger partial charge >= 0.3 is 13.6 Å². The van der Waals surface area contributed by atoms with E-state index in [9.17, 15) is 9.36 Å². The van der Waals surface area contributed by atoms with Crippen molar-refractivity contribution < 1.29 is 30.1 Å². The number of aliphatic hydroxyl groups excluding tert-OH is 1. The maximum Gasteiger partial charge on any atom is 0.362 e. The Balaban J connectivity index is 4.63. The van der Waals surface area contributed by atoms with Gasteiger partial charge in [-0.05, 0) is 6.92 Å². The second-order valence-corrected chi connectivity index (χ2v) is 4.15. The van der Waals surface area contributed by atoms with Crippen molar-refractivity contribution in [3.63, 3.8) is 0 Å². The first-order valence-corrected chi connectivity index (χ1v) is 4.44. The van der Waals surface area contributed by atoms with Gasteiger partial charge in [0.1, 0.15) is 0 Å². The maximum absolute atomic E-state index is 11.3. The average Bonchev–Trinajstić information content (AvgIpc) is 2.01. The molecule has 3 unspecified atom stereocenters. The molecule has 0 saturated heterocycles. The normalized spacial score (nSPS) is 22.1. The van der Waals surface area contributed by atoms with Gasteiger partial charge in [-0.15, -0.1) is 0 Å². The first-order valence-electron chi connectivity index (χ1n) is 3.41. The third-order valence-electron chi connectivity index (χ3n) is 1.17. The van der Waals surface area contributed by atoms with Gasteiger partial charge in [0, 0.05) is 0 Å². The van der Waals surface area contributed by atoms with Gasteiger partial charge in [0.15, 0.2) is 12.4 Å². The molecule has 0 heterocycles. The van der Waals surface area contributed by atoms with Gasteiger partial charge in [0.05, 0.1) is 1.37 Å². The molecule has 0 aliphatic rings. The number of aliphatic hydroxyl groups is 1. The second-order valence-electron chi connectivity index (χ2n) is 1.87. The molecule has 3 atom stereocenters. The monoisotopic (exact) mass is 200 g/mol. The van der Waals surface area contributed by atoms with Crippen molar-refractivity contribution >= 4 is 13.6 Å². The molecule has 0 fully saturated rings. The van der Waals surface area contributed by atoms with Gasteiger partial charge in [0.2, 0.25) is 0 Å². The van der Waals surface area contributed by atoms with E-state index in [2.05, 4.69) is 15.0 Å². The van der Waals surface area contributed by atoms with Crippen LogP contribution in [-0.4, -0.2) is 28.6 Å². The van der Waals surface area contributed by atoms with Crippen LogP contribution in [0.1, 0.15) is 8.29 Å². The molecule has 0 bridgehead atoms. The zero-order valence-corrected chi connectivity index (χ0v) is 7.10. The van der Waals surface area contributed by atoms with Gasteiger partial charge in [-0.25, -0.2) is 10.5 Å². The molecule has 0 aliphatic carbocycles. The molecule has 0 aromatic heterocycles. The van der Waals surface area contributed by atoms with Crippen LogP contribution in [0.5, 0.6) is 0 Å². The molecule has 4 N–H and O–H groups in total. The van der Waals surface area contributed by atoms with Crippen LogP contribution in [0.25, 0.3) is 0 Å². The van der Waals surface area contributed by atoms with Crippen molar-refractivity contribution in [2.75, 3.05) is 6.77 Å². The fourth-order valence-corrected chi connectivity index (χ4v) is 1.23. The van der Waals surface area contributed by atoms with E-state index in [0.29, 0.717) is 0 Å². The molecule has 0 radical (unpaired) electrons. The molecule has 72 valence electrons. The summed E-state index contributed by atoms with van der Waals surface area (Å²) in [5, 5.41) is 16.8. The van der Waals surface area contributed by atoms with Crippen LogP contribution in [0.3, 0.4) is 0 Å². The fraction of sp³-hybridized carbons (Fsp3) is 0.750. The topological polar surface area (TPSA) is 119 Å². The lowest BCUT2D eigenvalue weighted by Crippen LogP contribution is -2.21. The summed E-state index contributed by atoms with van der Waals surface area (Å²) in [6.45, 7) is -1.13. The Kier molecular flexibility index (Phi) is 3.64. The van der Waals surface area contributed by atoms with Crippen LogP contribution in [0.2, 0.25) is 0 Å². The van der Waals surface area contributed by atoms with E-state index < -0.39 is 26.0 Å². The van der Waals surface area contributed by atoms with E-state index in [1.165, 1.54) is 0 Å². The predicted molar refractivity (Wildman–Crippen MR) is 38.1 cm³/mol. The van der Waals surface area contributed by atoms with Gasteiger partial charge in [0.25, 0.3) is 0 Å². The highest BCUT2D eigenvalue weighted by molar-refractivity contribution is 7.55. The summed E-state index contributed by atoms with van der Waals surface area (Å²) in [7, 11) is -4.16. The lowest BCUT2D eigenvalue weighted by atomic mass is 10.5. The van der Waals surface area contributed by atoms with Crippen LogP contribution in [0, 0.1) is 0 Å². The number of rotatable bonds is 5. The Morgan fingerprint density at radius 2 is 2.42 bits per heavy atom. The molecular formula is C4H10NO6P. The van der Waals surface area contributed by atoms with Crippen molar-refractivity contribution in [2.24, 2.45) is 5.90 Å². The molecule has 0 saturated carbocycles. The summed E-state index contributed by atoms with van der Waals surface area (Å²) < 4.78 is 25.7. The molecule has 7 nitrogen and oxygen atoms in total. The molecule has 8 heteroatoms. The van der Waals surface area contributed by atoms with E-state index in [0.717, 1.165) is 6.92 Å². The molecule has 0 amide bonds. The number of hydrogen-bond donors (Lipinski definition) is 3. The van der Waals surface area contributed by atoms with Crippen LogP contribution in [0.15, 0.2) is 0 Å². The van der Waals surface area contributed by atoms with Crippen molar-refractivity contribution in [3.05, 3.63) is 0 Å². The van der Waals surface area contributed by atoms with E-state index in [1.807, 2.05) is 0 Å². The van der Waals surface area contributed by atoms with Crippen LogP contribution in [-0.2, 0) is 18.5 Å². The summed E-state index contributed by atoms with van der Waals surface area (Å²) in [5.74, 6) is 3.08. The highest BCUT2D eigenvalue weighted by Gasteiger charge is 2.37. The van der Waals surface area contributed by atoms with E-state index in [-0.39, 0.29) is 0 Å². The first kappa shape index (κ1) is 9.63. The smallest absolute Gasteiger partial charge is 0.362 e. The van der Waals surface area contributed by atoms with Crippen LogP contribution >= 0.6 is 7.60 Å². The third-order valence-corrected chi connectivity index (χ3v) is 3.02. The Morgan fingerprint density at radius 1 is 1.92 bits per heavy atom. The number of carboxylic acid groups (broad SMARTS) is 1. The highest BCUT2D eigenvalue weighted by Crippen LogP contribution is 2.51. The lowest BCUT2D eigenvalue weighted by Gasteiger charge is -2.16. The number of aliphatic carboxylic acids is 1. The predicted octanol–water partition coefficient (Wildman–Crippen LogP) is -0.491. The summed E-state index contributed by atoms with van der Waals surface area (Å²) >= 11 is 0. The highest BCUT2D eigenvalue weighted by atomic mass is 31.2. The molecule has 0 aliphatic heterocycles. The standard InChI is InChI=1S/C4H10NO6P/c1-3(4(7)8)12(9,11-5)10-2-6/h3,6H,2,5H2,1H3,(H,7,8)/i2D. The summed E-state index contributed by atoms with van der Waals surface area (Å²) in [4.78, 5) is 10.4. The number of carboxylic acids is 1. The van der Waals surface area contributed by atoms with E-state index in [1.54, 1.807) is 0 Å². The van der Waals surface area contributed by atoms with E-state index in [4.69, 9.17) is 11.6 Å². The maximum atomic E-state index is 11.3. The zero-order chi connectivity index (χ0) is 10.6. The van der Waals surface area contributed by atoms with Gasteiger partial charge in [-0.2, -0.15) is 0 Å². The fourth-order valence-electron chi connectivity index (χ4n) is 0.408. The van der Waals surface area contributed by atoms with Crippen molar-refractivity contribution in [1.82, 2.24) is 0 Å². The largest absolute Gasteiger partial charge is 0.481 e. The Morgan fingerprint density at radius 3 is 2.67 bits per heavy atom. The Bertz CT molecular complexity index is 233. The zero-order valence-electron chi connectivity index (χ0n) is 7.21. The second kappa shape index (κ2) is 4.54. The van der Waals surface area contributed by atoms with Crippen molar-refractivity contribution in [2.45, 2.75) is 12.6 Å². The SMILES string of the molecule is [2H]C(O)OP(=O)(ON)C(C)C(=O)O. The van der Waals surface area contributed by atoms with Gasteiger partial charge in [-0.1, -0.05) is 0 Å². The molecule has 0 aromatic rings. The minimum Gasteiger partial charge on any atom is -0.481 e. The molecule has 0 aromatic carbocycles. The molecule has 12 heavy (non-hydrogen) atoms. The van der Waals surface area contributed by atoms with E-state index >= 15 is 0 Å². The first-order chi connectivity index (χ1) is 5.83. The van der Waals surface area contributed by atoms with Crippen LogP contribution < -0.4 is 5.90 Å². The summed E-state index contributed by atoms with van der Waals surface area (Å²) in [6.07, 6.45) is 0. The third kappa shape index (κ3) is 2.54. The average molecular weight is 200 g/mol. The quantitative estimate of drug-likeness (QED) is 0.311. The minimum absolute atomic E-state index is 1.03. The lowest BCUT2D eigenvalue weighted by molar-refractivity contribution is -0.136. The summed E-state index contributed by atoms with van der Waals surface area (Å²) in [6, 6.07) is 0. The Labute approximate surface area is 70.0 Å². The number of nitrogens with two attached hydrogens (primary N) is 1. The molecular weight excluding hydrogens is 189 g/mol. The Hall–Kier alpha value is -0.460. The van der Waals surface area contributed by atoms with Crippen molar-refractivity contribution in [3.8, 4) is 0 Å². The van der Waals surface area contributed by atoms with Gasteiger partial charge in [-0.3, -0.25) is 13.9 Å². The molecule has 0 rings (SSSR count). The summed E-state index contributed by atoms with van der Waals surface area (Å²) in [5.41, 5.74) is -1.54. The van der Waals surface area contributed by atoms with Crippen LogP contribution in [0.4, 0.5) is 0 Å². The number of carbonyl (C=O) groups is 1. The minimum atomic E-state index is -4.16. The van der Waals surface area contributed by atoms with Gasteiger partial charge < -0.3 is 10.2 Å². The van der Waals surface area contributed by atoms with Crippen molar-refractivity contribution in [1.29, 1.82) is 0 Å². The molecule has 0 spiro atoms.